The third-order valence-corrected chi connectivity index (χ3v) is 3.57. The van der Waals surface area contributed by atoms with Crippen LogP contribution in [0.3, 0.4) is 0 Å². The summed E-state index contributed by atoms with van der Waals surface area (Å²) in [4.78, 5) is 36.1. The van der Waals surface area contributed by atoms with E-state index in [1.165, 1.54) is 4.90 Å². The monoisotopic (exact) mass is 249 g/mol. The Hall–Kier alpha value is -1.90. The number of nitriles is 1. The van der Waals surface area contributed by atoms with Gasteiger partial charge in [0.1, 0.15) is 18.5 Å². The molecule has 96 valence electrons. The number of hydrogen-bond donors (Lipinski definition) is 1. The third kappa shape index (κ3) is 2.21. The zero-order chi connectivity index (χ0) is 13.2. The van der Waals surface area contributed by atoms with Gasteiger partial charge in [-0.25, -0.2) is 0 Å². The second kappa shape index (κ2) is 4.77. The summed E-state index contributed by atoms with van der Waals surface area (Å²) in [5.74, 6) is -1.33. The van der Waals surface area contributed by atoms with Crippen LogP contribution in [-0.4, -0.2) is 35.7 Å². The summed E-state index contributed by atoms with van der Waals surface area (Å²) in [6, 6.07) is 2.11. The summed E-state index contributed by atoms with van der Waals surface area (Å²) >= 11 is 0. The normalized spacial score (nSPS) is 23.2. The molecule has 2 aliphatic rings. The summed E-state index contributed by atoms with van der Waals surface area (Å²) in [5.41, 5.74) is -1.03. The van der Waals surface area contributed by atoms with Crippen molar-refractivity contribution in [1.29, 1.82) is 5.26 Å². The van der Waals surface area contributed by atoms with Crippen LogP contribution in [0.2, 0.25) is 0 Å². The molecule has 3 amide bonds. The van der Waals surface area contributed by atoms with Crippen molar-refractivity contribution >= 4 is 17.7 Å². The molecule has 0 radical (unpaired) electrons. The van der Waals surface area contributed by atoms with Crippen LogP contribution >= 0.6 is 0 Å². The molecule has 0 aromatic heterocycles. The molecule has 1 saturated heterocycles. The molecule has 18 heavy (non-hydrogen) atoms. The van der Waals surface area contributed by atoms with Gasteiger partial charge in [-0.3, -0.25) is 19.7 Å². The molecule has 1 saturated carbocycles. The van der Waals surface area contributed by atoms with Crippen molar-refractivity contribution in [1.82, 2.24) is 10.2 Å². The van der Waals surface area contributed by atoms with Crippen LogP contribution in [0.1, 0.15) is 32.1 Å². The molecule has 2 rings (SSSR count). The molecule has 0 atom stereocenters. The lowest BCUT2D eigenvalue weighted by molar-refractivity contribution is -0.150. The van der Waals surface area contributed by atoms with Gasteiger partial charge in [-0.05, 0) is 12.8 Å². The summed E-state index contributed by atoms with van der Waals surface area (Å²) in [6.45, 7) is -0.262. The molecule has 6 heteroatoms. The van der Waals surface area contributed by atoms with Crippen LogP contribution in [0.15, 0.2) is 0 Å². The average Bonchev–Trinajstić information content (AvgIpc) is 2.37. The summed E-state index contributed by atoms with van der Waals surface area (Å²) < 4.78 is 0. The van der Waals surface area contributed by atoms with Gasteiger partial charge >= 0.3 is 0 Å². The van der Waals surface area contributed by atoms with Crippen molar-refractivity contribution in [3.63, 3.8) is 0 Å². The highest BCUT2D eigenvalue weighted by Crippen LogP contribution is 2.37. The zero-order valence-corrected chi connectivity index (χ0v) is 10.1. The van der Waals surface area contributed by atoms with E-state index in [-0.39, 0.29) is 19.0 Å². The van der Waals surface area contributed by atoms with E-state index in [4.69, 9.17) is 0 Å². The molecular weight excluding hydrogens is 234 g/mol. The molecule has 0 spiro atoms. The SMILES string of the molecule is N#CC1(C(=O)N2CC(=O)NC(=O)C2)CCCCC1. The maximum atomic E-state index is 12.4. The summed E-state index contributed by atoms with van der Waals surface area (Å²) in [7, 11) is 0. The first kappa shape index (κ1) is 12.6. The van der Waals surface area contributed by atoms with E-state index < -0.39 is 17.2 Å². The van der Waals surface area contributed by atoms with Crippen molar-refractivity contribution in [3.05, 3.63) is 0 Å². The van der Waals surface area contributed by atoms with Gasteiger partial charge in [0, 0.05) is 0 Å². The van der Waals surface area contributed by atoms with E-state index in [9.17, 15) is 19.6 Å². The summed E-state index contributed by atoms with van der Waals surface area (Å²) in [5, 5.41) is 11.4. The first-order valence-electron chi connectivity index (χ1n) is 6.11. The predicted molar refractivity (Wildman–Crippen MR) is 60.9 cm³/mol. The molecule has 2 fully saturated rings. The van der Waals surface area contributed by atoms with Gasteiger partial charge in [-0.1, -0.05) is 19.3 Å². The Bertz CT molecular complexity index is 416. The fraction of sp³-hybridized carbons (Fsp3) is 0.667. The topological polar surface area (TPSA) is 90.3 Å². The number of hydrogen-bond acceptors (Lipinski definition) is 4. The van der Waals surface area contributed by atoms with Gasteiger partial charge < -0.3 is 4.90 Å². The first-order valence-corrected chi connectivity index (χ1v) is 6.11. The largest absolute Gasteiger partial charge is 0.323 e. The van der Waals surface area contributed by atoms with Gasteiger partial charge in [-0.2, -0.15) is 5.26 Å². The molecule has 0 unspecified atom stereocenters. The predicted octanol–water partition coefficient (Wildman–Crippen LogP) is -0.0545. The Morgan fingerprint density at radius 2 is 1.72 bits per heavy atom. The number of carbonyl (C=O) groups is 3. The van der Waals surface area contributed by atoms with Crippen LogP contribution in [0.25, 0.3) is 0 Å². The highest BCUT2D eigenvalue weighted by atomic mass is 16.2. The number of carbonyl (C=O) groups excluding carboxylic acids is 3. The molecule has 0 aromatic carbocycles. The lowest BCUT2D eigenvalue weighted by Gasteiger charge is -2.35. The molecule has 6 nitrogen and oxygen atoms in total. The van der Waals surface area contributed by atoms with Crippen molar-refractivity contribution in [2.45, 2.75) is 32.1 Å². The second-order valence-electron chi connectivity index (χ2n) is 4.89. The van der Waals surface area contributed by atoms with Crippen LogP contribution in [0, 0.1) is 16.7 Å². The van der Waals surface area contributed by atoms with E-state index in [1.54, 1.807) is 0 Å². The summed E-state index contributed by atoms with van der Waals surface area (Å²) in [6.07, 6.45) is 3.75. The minimum Gasteiger partial charge on any atom is -0.323 e. The van der Waals surface area contributed by atoms with Crippen LogP contribution in [0.4, 0.5) is 0 Å². The Morgan fingerprint density at radius 3 is 2.22 bits per heavy atom. The number of amides is 3. The van der Waals surface area contributed by atoms with Crippen molar-refractivity contribution in [2.75, 3.05) is 13.1 Å². The Balaban J connectivity index is 2.16. The Labute approximate surface area is 105 Å². The Kier molecular flexibility index (Phi) is 3.32. The van der Waals surface area contributed by atoms with E-state index in [1.807, 2.05) is 0 Å². The molecule has 0 aromatic rings. The van der Waals surface area contributed by atoms with Crippen LogP contribution in [0.5, 0.6) is 0 Å². The van der Waals surface area contributed by atoms with E-state index in [0.29, 0.717) is 12.8 Å². The Morgan fingerprint density at radius 1 is 1.17 bits per heavy atom. The van der Waals surface area contributed by atoms with Crippen molar-refractivity contribution < 1.29 is 14.4 Å². The standard InChI is InChI=1S/C12H15N3O3/c13-8-12(4-2-1-3-5-12)11(18)15-6-9(16)14-10(17)7-15/h1-7H2,(H,14,16,17). The van der Waals surface area contributed by atoms with Crippen molar-refractivity contribution in [3.8, 4) is 6.07 Å². The molecule has 1 N–H and O–H groups in total. The highest BCUT2D eigenvalue weighted by molar-refractivity contribution is 6.03. The smallest absolute Gasteiger partial charge is 0.246 e. The number of piperazine rings is 1. The fourth-order valence-electron chi connectivity index (χ4n) is 2.61. The van der Waals surface area contributed by atoms with Gasteiger partial charge in [0.15, 0.2) is 0 Å². The molecule has 0 bridgehead atoms. The van der Waals surface area contributed by atoms with E-state index >= 15 is 0 Å². The van der Waals surface area contributed by atoms with Gasteiger partial charge in [0.25, 0.3) is 0 Å². The number of imide groups is 1. The minimum atomic E-state index is -1.03. The first-order chi connectivity index (χ1) is 8.57. The second-order valence-corrected chi connectivity index (χ2v) is 4.89. The average molecular weight is 249 g/mol. The van der Waals surface area contributed by atoms with Crippen LogP contribution in [-0.2, 0) is 14.4 Å². The molecule has 1 aliphatic heterocycles. The number of nitrogens with zero attached hydrogens (tertiary/aromatic N) is 2. The fourth-order valence-corrected chi connectivity index (χ4v) is 2.61. The van der Waals surface area contributed by atoms with E-state index in [0.717, 1.165) is 19.3 Å². The lowest BCUT2D eigenvalue weighted by atomic mass is 9.74. The molecule has 1 aliphatic carbocycles. The maximum Gasteiger partial charge on any atom is 0.246 e. The van der Waals surface area contributed by atoms with Crippen molar-refractivity contribution in [2.24, 2.45) is 5.41 Å². The zero-order valence-electron chi connectivity index (χ0n) is 10.1. The third-order valence-electron chi connectivity index (χ3n) is 3.57. The lowest BCUT2D eigenvalue weighted by Crippen LogP contribution is -2.56. The van der Waals surface area contributed by atoms with Gasteiger partial charge in [0.05, 0.1) is 6.07 Å². The number of nitrogens with one attached hydrogen (secondary N) is 1. The quantitative estimate of drug-likeness (QED) is 0.659. The minimum absolute atomic E-state index is 0.131. The van der Waals surface area contributed by atoms with Gasteiger partial charge in [0.2, 0.25) is 17.7 Å². The molecule has 1 heterocycles. The van der Waals surface area contributed by atoms with E-state index in [2.05, 4.69) is 11.4 Å². The maximum absolute atomic E-state index is 12.4. The van der Waals surface area contributed by atoms with Crippen LogP contribution < -0.4 is 5.32 Å². The van der Waals surface area contributed by atoms with Gasteiger partial charge in [-0.15, -0.1) is 0 Å². The molecular formula is C12H15N3O3. The number of rotatable bonds is 1. The highest BCUT2D eigenvalue weighted by Gasteiger charge is 2.44.